The Labute approximate surface area is 238 Å². The SMILES string of the molecule is COc1ccc(C2C(C(=O)OC(C)C)=C(C)N=c3sc(=Cc4ccc(OCCC(C)C)c(OC)c4)c(=O)n32)cc1. The molecule has 1 unspecified atom stereocenters. The van der Waals surface area contributed by atoms with Crippen LogP contribution in [0.15, 0.2) is 63.5 Å². The molecule has 1 aliphatic rings. The number of hydrogen-bond acceptors (Lipinski definition) is 8. The van der Waals surface area contributed by atoms with Gasteiger partial charge in [-0.15, -0.1) is 0 Å². The van der Waals surface area contributed by atoms with Crippen molar-refractivity contribution in [1.82, 2.24) is 4.57 Å². The van der Waals surface area contributed by atoms with Crippen LogP contribution >= 0.6 is 11.3 Å². The van der Waals surface area contributed by atoms with E-state index in [1.807, 2.05) is 42.5 Å². The summed E-state index contributed by atoms with van der Waals surface area (Å²) in [5.74, 6) is 1.97. The summed E-state index contributed by atoms with van der Waals surface area (Å²) in [6.45, 7) is 10.2. The smallest absolute Gasteiger partial charge is 0.338 e. The number of nitrogens with zero attached hydrogens (tertiary/aromatic N) is 2. The molecule has 2 heterocycles. The number of fused-ring (bicyclic) bond motifs is 1. The van der Waals surface area contributed by atoms with Crippen LogP contribution < -0.4 is 29.1 Å². The Balaban J connectivity index is 1.80. The number of ether oxygens (including phenoxy) is 4. The average molecular weight is 565 g/mol. The number of esters is 1. The van der Waals surface area contributed by atoms with Gasteiger partial charge in [-0.25, -0.2) is 9.79 Å². The van der Waals surface area contributed by atoms with Gasteiger partial charge in [-0.3, -0.25) is 9.36 Å². The van der Waals surface area contributed by atoms with Gasteiger partial charge in [0.25, 0.3) is 5.56 Å². The van der Waals surface area contributed by atoms with E-state index in [1.54, 1.807) is 45.6 Å². The zero-order valence-electron chi connectivity index (χ0n) is 24.0. The molecule has 0 spiro atoms. The van der Waals surface area contributed by atoms with Crippen molar-refractivity contribution < 1.29 is 23.7 Å². The molecule has 212 valence electrons. The number of hydrogen-bond donors (Lipinski definition) is 0. The van der Waals surface area contributed by atoms with Gasteiger partial charge in [0.2, 0.25) is 0 Å². The van der Waals surface area contributed by atoms with Crippen LogP contribution in [-0.4, -0.2) is 37.5 Å². The van der Waals surface area contributed by atoms with Crippen LogP contribution in [-0.2, 0) is 9.53 Å². The molecule has 1 aromatic heterocycles. The Kier molecular flexibility index (Phi) is 9.14. The third-order valence-corrected chi connectivity index (χ3v) is 7.44. The molecule has 2 aromatic carbocycles. The molecule has 4 rings (SSSR count). The lowest BCUT2D eigenvalue weighted by Gasteiger charge is -2.25. The Hall–Kier alpha value is -3.85. The average Bonchev–Trinajstić information content (AvgIpc) is 3.21. The third kappa shape index (κ3) is 6.31. The van der Waals surface area contributed by atoms with E-state index >= 15 is 0 Å². The van der Waals surface area contributed by atoms with Crippen molar-refractivity contribution in [3.8, 4) is 17.2 Å². The van der Waals surface area contributed by atoms with Crippen LogP contribution in [0.25, 0.3) is 6.08 Å². The quantitative estimate of drug-likeness (QED) is 0.334. The first kappa shape index (κ1) is 29.1. The van der Waals surface area contributed by atoms with Gasteiger partial charge in [0, 0.05) is 0 Å². The predicted octanol–water partition coefficient (Wildman–Crippen LogP) is 4.63. The van der Waals surface area contributed by atoms with Gasteiger partial charge >= 0.3 is 5.97 Å². The van der Waals surface area contributed by atoms with Crippen LogP contribution in [0.1, 0.15) is 58.2 Å². The van der Waals surface area contributed by atoms with Gasteiger partial charge in [0.15, 0.2) is 16.3 Å². The summed E-state index contributed by atoms with van der Waals surface area (Å²) in [6, 6.07) is 12.2. The first-order valence-corrected chi connectivity index (χ1v) is 14.1. The Morgan fingerprint density at radius 3 is 2.40 bits per heavy atom. The second kappa shape index (κ2) is 12.6. The van der Waals surface area contributed by atoms with Gasteiger partial charge in [0.05, 0.1) is 48.8 Å². The number of thiazole rings is 1. The first-order valence-electron chi connectivity index (χ1n) is 13.3. The fraction of sp³-hybridized carbons (Fsp3) is 0.387. The second-order valence-corrected chi connectivity index (χ2v) is 11.3. The highest BCUT2D eigenvalue weighted by molar-refractivity contribution is 7.07. The molecule has 1 aliphatic heterocycles. The molecule has 0 radical (unpaired) electrons. The summed E-state index contributed by atoms with van der Waals surface area (Å²) in [7, 11) is 3.19. The summed E-state index contributed by atoms with van der Waals surface area (Å²) < 4.78 is 24.4. The molecule has 3 aromatic rings. The van der Waals surface area contributed by atoms with E-state index in [1.165, 1.54) is 11.3 Å². The molecule has 40 heavy (non-hydrogen) atoms. The van der Waals surface area contributed by atoms with Gasteiger partial charge in [-0.05, 0) is 74.6 Å². The van der Waals surface area contributed by atoms with E-state index in [9.17, 15) is 9.59 Å². The second-order valence-electron chi connectivity index (χ2n) is 10.3. The zero-order chi connectivity index (χ0) is 29.0. The minimum absolute atomic E-state index is 0.247. The molecule has 0 fully saturated rings. The van der Waals surface area contributed by atoms with Crippen LogP contribution in [0.2, 0.25) is 0 Å². The van der Waals surface area contributed by atoms with E-state index in [4.69, 9.17) is 18.9 Å². The lowest BCUT2D eigenvalue weighted by Crippen LogP contribution is -2.40. The summed E-state index contributed by atoms with van der Waals surface area (Å²) in [5, 5.41) is 0. The molecular formula is C31H36N2O6S. The zero-order valence-corrected chi connectivity index (χ0v) is 24.8. The highest BCUT2D eigenvalue weighted by Crippen LogP contribution is 2.32. The van der Waals surface area contributed by atoms with Gasteiger partial charge in [-0.1, -0.05) is 43.4 Å². The minimum Gasteiger partial charge on any atom is -0.497 e. The molecule has 0 saturated carbocycles. The van der Waals surface area contributed by atoms with E-state index in [2.05, 4.69) is 18.8 Å². The van der Waals surface area contributed by atoms with Crippen LogP contribution in [0, 0.1) is 5.92 Å². The van der Waals surface area contributed by atoms with Crippen molar-refractivity contribution in [2.45, 2.75) is 53.2 Å². The molecule has 1 atom stereocenters. The van der Waals surface area contributed by atoms with Gasteiger partial charge in [-0.2, -0.15) is 0 Å². The molecule has 0 saturated heterocycles. The molecular weight excluding hydrogens is 528 g/mol. The van der Waals surface area contributed by atoms with Crippen molar-refractivity contribution in [2.75, 3.05) is 20.8 Å². The largest absolute Gasteiger partial charge is 0.497 e. The van der Waals surface area contributed by atoms with Crippen LogP contribution in [0.5, 0.6) is 17.2 Å². The number of methoxy groups -OCH3 is 2. The Morgan fingerprint density at radius 2 is 1.77 bits per heavy atom. The lowest BCUT2D eigenvalue weighted by atomic mass is 9.96. The van der Waals surface area contributed by atoms with E-state index in [-0.39, 0.29) is 11.7 Å². The van der Waals surface area contributed by atoms with E-state index in [0.29, 0.717) is 50.4 Å². The number of benzene rings is 2. The molecule has 0 amide bonds. The third-order valence-electron chi connectivity index (χ3n) is 6.45. The number of carbonyl (C=O) groups is 1. The summed E-state index contributed by atoms with van der Waals surface area (Å²) >= 11 is 1.27. The summed E-state index contributed by atoms with van der Waals surface area (Å²) in [5.41, 5.74) is 2.15. The standard InChI is InChI=1S/C31H36N2O6S/c1-18(2)14-15-38-24-13-8-21(16-25(24)37-7)17-26-29(34)33-28(22-9-11-23(36-6)12-10-22)27(30(35)39-19(3)4)20(5)32-31(33)40-26/h8-13,16-19,28H,14-15H2,1-7H3. The maximum Gasteiger partial charge on any atom is 0.338 e. The topological polar surface area (TPSA) is 88.4 Å². The maximum atomic E-state index is 13.9. The predicted molar refractivity (Wildman–Crippen MR) is 156 cm³/mol. The van der Waals surface area contributed by atoms with Crippen molar-refractivity contribution >= 4 is 23.4 Å². The fourth-order valence-corrected chi connectivity index (χ4v) is 5.46. The molecule has 8 nitrogen and oxygen atoms in total. The van der Waals surface area contributed by atoms with Crippen molar-refractivity contribution in [2.24, 2.45) is 10.9 Å². The Bertz CT molecular complexity index is 1580. The summed E-state index contributed by atoms with van der Waals surface area (Å²) in [6.07, 6.45) is 2.43. The number of aromatic nitrogens is 1. The van der Waals surface area contributed by atoms with E-state index < -0.39 is 12.0 Å². The number of allylic oxidation sites excluding steroid dienone is 1. The maximum absolute atomic E-state index is 13.9. The van der Waals surface area contributed by atoms with E-state index in [0.717, 1.165) is 17.5 Å². The van der Waals surface area contributed by atoms with Crippen molar-refractivity contribution in [3.63, 3.8) is 0 Å². The van der Waals surface area contributed by atoms with Gasteiger partial charge in [0.1, 0.15) is 5.75 Å². The van der Waals surface area contributed by atoms with Crippen molar-refractivity contribution in [3.05, 3.63) is 84.5 Å². The highest BCUT2D eigenvalue weighted by atomic mass is 32.1. The number of rotatable bonds is 10. The Morgan fingerprint density at radius 1 is 1.05 bits per heavy atom. The summed E-state index contributed by atoms with van der Waals surface area (Å²) in [4.78, 5) is 32.3. The molecule has 0 N–H and O–H groups in total. The minimum atomic E-state index is -0.693. The monoisotopic (exact) mass is 564 g/mol. The van der Waals surface area contributed by atoms with Gasteiger partial charge < -0.3 is 18.9 Å². The lowest BCUT2D eigenvalue weighted by molar-refractivity contribution is -0.143. The van der Waals surface area contributed by atoms with Crippen LogP contribution in [0.3, 0.4) is 0 Å². The number of carbonyl (C=O) groups excluding carboxylic acids is 1. The highest BCUT2D eigenvalue weighted by Gasteiger charge is 2.33. The normalized spacial score (nSPS) is 15.2. The van der Waals surface area contributed by atoms with Crippen LogP contribution in [0.4, 0.5) is 0 Å². The molecule has 9 heteroatoms. The van der Waals surface area contributed by atoms with Crippen molar-refractivity contribution in [1.29, 1.82) is 0 Å². The first-order chi connectivity index (χ1) is 19.1. The molecule has 0 aliphatic carbocycles. The molecule has 0 bridgehead atoms. The fourth-order valence-electron chi connectivity index (χ4n) is 4.41.